The van der Waals surface area contributed by atoms with Crippen molar-refractivity contribution in [2.75, 3.05) is 0 Å². The molecular formula is C6H7ClIN. The predicted molar refractivity (Wildman–Crippen MR) is 32.6 cm³/mol. The average Bonchev–Trinajstić information content (AvgIpc) is 2.11. The molecular weight excluding hydrogens is 248 g/mol. The molecule has 0 fully saturated rings. The lowest BCUT2D eigenvalue weighted by atomic mass is 10.5. The van der Waals surface area contributed by atoms with Gasteiger partial charge in [0.25, 0.3) is 5.15 Å². The van der Waals surface area contributed by atoms with Gasteiger partial charge >= 0.3 is 0 Å². The van der Waals surface area contributed by atoms with Crippen LogP contribution in [-0.4, -0.2) is 0 Å². The predicted octanol–water partition coefficient (Wildman–Crippen LogP) is -1.83. The minimum Gasteiger partial charge on any atom is -1.00 e. The zero-order valence-electron chi connectivity index (χ0n) is 10.3. The molecule has 0 unspecified atom stereocenters. The molecule has 9 heavy (non-hydrogen) atoms. The standard InChI is InChI=1S/C6H7ClN.HI/c1-8-5-3-2-4-6(8)7;/h2-5H,1H3;1H/q+1;/p-1/i1D2,2D,3D,4D,5D;. The third-order valence-electron chi connectivity index (χ3n) is 0.616. The fourth-order valence-electron chi connectivity index (χ4n) is 0.280. The maximum Gasteiger partial charge on any atom is 0.274 e. The summed E-state index contributed by atoms with van der Waals surface area (Å²) in [5.74, 6) is 0. The zero-order valence-corrected chi connectivity index (χ0v) is 7.19. The van der Waals surface area contributed by atoms with Gasteiger partial charge in [-0.2, -0.15) is 4.57 Å². The van der Waals surface area contributed by atoms with E-state index in [0.717, 1.165) is 0 Å². The minimum atomic E-state index is -1.59. The maximum atomic E-state index is 7.35. The zero-order chi connectivity index (χ0) is 11.0. The molecule has 0 bridgehead atoms. The van der Waals surface area contributed by atoms with Gasteiger partial charge < -0.3 is 24.0 Å². The Morgan fingerprint density at radius 2 is 2.56 bits per heavy atom. The number of rotatable bonds is 0. The van der Waals surface area contributed by atoms with E-state index < -0.39 is 31.3 Å². The van der Waals surface area contributed by atoms with Crippen LogP contribution >= 0.6 is 11.6 Å². The molecule has 0 aliphatic rings. The van der Waals surface area contributed by atoms with Gasteiger partial charge in [-0.05, 0) is 17.6 Å². The molecule has 0 radical (unpaired) electrons. The van der Waals surface area contributed by atoms with Crippen LogP contribution in [0.1, 0.15) is 8.22 Å². The van der Waals surface area contributed by atoms with E-state index in [-0.39, 0.29) is 29.1 Å². The van der Waals surface area contributed by atoms with Gasteiger partial charge in [-0.15, -0.1) is 0 Å². The second kappa shape index (κ2) is 4.06. The summed E-state index contributed by atoms with van der Waals surface area (Å²) in [5, 5.41) is -0.328. The topological polar surface area (TPSA) is 3.88 Å². The highest BCUT2D eigenvalue weighted by Crippen LogP contribution is 1.95. The molecule has 0 saturated heterocycles. The molecule has 0 N–H and O–H groups in total. The normalized spacial score (nSPS) is 18.0. The van der Waals surface area contributed by atoms with Crippen molar-refractivity contribution in [3.05, 3.63) is 29.5 Å². The highest BCUT2D eigenvalue weighted by atomic mass is 127. The molecule has 0 aliphatic carbocycles. The van der Waals surface area contributed by atoms with E-state index in [1.54, 1.807) is 0 Å². The maximum absolute atomic E-state index is 7.35. The van der Waals surface area contributed by atoms with E-state index in [1.165, 1.54) is 0 Å². The lowest BCUT2D eigenvalue weighted by molar-refractivity contribution is -0.669. The largest absolute Gasteiger partial charge is 1.00 e. The first kappa shape index (κ1) is 3.05. The van der Waals surface area contributed by atoms with Gasteiger partial charge in [0.05, 0.1) is 4.11 Å². The van der Waals surface area contributed by atoms with E-state index >= 15 is 0 Å². The van der Waals surface area contributed by atoms with Crippen molar-refractivity contribution in [1.29, 1.82) is 0 Å². The molecule has 1 aromatic rings. The molecule has 0 atom stereocenters. The van der Waals surface area contributed by atoms with Crippen LogP contribution in [0.15, 0.2) is 24.3 Å². The number of nitrogens with zero attached hydrogens (tertiary/aromatic N) is 1. The van der Waals surface area contributed by atoms with Crippen LogP contribution in [0.3, 0.4) is 0 Å². The van der Waals surface area contributed by atoms with Crippen molar-refractivity contribution >= 4 is 11.6 Å². The second-order valence-electron chi connectivity index (χ2n) is 1.15. The van der Waals surface area contributed by atoms with E-state index in [0.29, 0.717) is 4.57 Å². The third kappa shape index (κ3) is 2.49. The van der Waals surface area contributed by atoms with Crippen LogP contribution in [0.25, 0.3) is 0 Å². The monoisotopic (exact) mass is 261 g/mol. The summed E-state index contributed by atoms with van der Waals surface area (Å²) in [5.41, 5.74) is 0. The minimum absolute atomic E-state index is 0. The summed E-state index contributed by atoms with van der Waals surface area (Å²) in [6, 6.07) is -1.39. The van der Waals surface area contributed by atoms with Crippen molar-refractivity contribution < 1.29 is 36.8 Å². The van der Waals surface area contributed by atoms with Crippen molar-refractivity contribution in [2.24, 2.45) is 7.00 Å². The number of hydrogen-bond acceptors (Lipinski definition) is 0. The Hall–Kier alpha value is 0.170. The fraction of sp³-hybridized carbons (Fsp3) is 0.167. The van der Waals surface area contributed by atoms with Crippen LogP contribution in [-0.2, 0) is 7.00 Å². The van der Waals surface area contributed by atoms with Crippen LogP contribution in [0.4, 0.5) is 0 Å². The Balaban J connectivity index is 0.00000196. The first-order valence-electron chi connectivity index (χ1n) is 5.05. The lowest BCUT2D eigenvalue weighted by Gasteiger charge is -1.84. The molecule has 0 aromatic carbocycles. The molecule has 0 saturated carbocycles. The number of halogens is 2. The second-order valence-corrected chi connectivity index (χ2v) is 1.51. The van der Waals surface area contributed by atoms with Crippen molar-refractivity contribution in [1.82, 2.24) is 0 Å². The third-order valence-corrected chi connectivity index (χ3v) is 0.893. The molecule has 0 spiro atoms. The van der Waals surface area contributed by atoms with Gasteiger partial charge in [-0.3, -0.25) is 0 Å². The Labute approximate surface area is 85.1 Å². The number of pyridine rings is 1. The molecule has 50 valence electrons. The van der Waals surface area contributed by atoms with E-state index in [2.05, 4.69) is 0 Å². The summed E-state index contributed by atoms with van der Waals surface area (Å²) in [6.45, 7) is -1.59. The van der Waals surface area contributed by atoms with Gasteiger partial charge in [-0.1, -0.05) is 0 Å². The fourth-order valence-corrected chi connectivity index (χ4v) is 0.370. The summed E-state index contributed by atoms with van der Waals surface area (Å²) < 4.78 is 44.0. The molecule has 0 amide bonds. The van der Waals surface area contributed by atoms with Gasteiger partial charge in [0.15, 0.2) is 6.17 Å². The van der Waals surface area contributed by atoms with Crippen molar-refractivity contribution in [2.45, 2.75) is 0 Å². The lowest BCUT2D eigenvalue weighted by Crippen LogP contribution is -3.00. The van der Waals surface area contributed by atoms with Gasteiger partial charge in [-0.25, -0.2) is 0 Å². The highest BCUT2D eigenvalue weighted by Gasteiger charge is 1.94. The number of aromatic nitrogens is 1. The Kier molecular flexibility index (Phi) is 1.38. The van der Waals surface area contributed by atoms with Gasteiger partial charge in [0, 0.05) is 12.1 Å². The van der Waals surface area contributed by atoms with Gasteiger partial charge in [0.1, 0.15) is 11.1 Å². The molecule has 1 heterocycles. The highest BCUT2D eigenvalue weighted by molar-refractivity contribution is 6.28. The van der Waals surface area contributed by atoms with Crippen LogP contribution in [0.5, 0.6) is 0 Å². The molecule has 1 nitrogen and oxygen atoms in total. The first-order chi connectivity index (χ1) is 6.37. The summed E-state index contributed by atoms with van der Waals surface area (Å²) >= 11 is 5.58. The van der Waals surface area contributed by atoms with Crippen LogP contribution in [0.2, 0.25) is 5.15 Å². The quantitative estimate of drug-likeness (QED) is 0.294. The molecule has 3 heteroatoms. The molecule has 1 aromatic heterocycles. The smallest absolute Gasteiger partial charge is 0.274 e. The first-order valence-corrected chi connectivity index (χ1v) is 2.27. The van der Waals surface area contributed by atoms with Crippen LogP contribution < -0.4 is 28.5 Å². The summed E-state index contributed by atoms with van der Waals surface area (Å²) in [7, 11) is 0. The molecule has 1 rings (SSSR count). The number of hydrogen-bond donors (Lipinski definition) is 0. The van der Waals surface area contributed by atoms with Crippen molar-refractivity contribution in [3.8, 4) is 0 Å². The average molecular weight is 262 g/mol. The SMILES string of the molecule is [2H]c1c([2H])c([2H])[n+](C([2H])[2H])c(Cl)c1[2H].[I-]. The van der Waals surface area contributed by atoms with Crippen molar-refractivity contribution in [3.63, 3.8) is 0 Å². The Bertz CT molecular complexity index is 355. The molecule has 0 aliphatic heterocycles. The van der Waals surface area contributed by atoms with E-state index in [9.17, 15) is 0 Å². The van der Waals surface area contributed by atoms with E-state index in [1.807, 2.05) is 0 Å². The summed E-state index contributed by atoms with van der Waals surface area (Å²) in [4.78, 5) is 0. The Morgan fingerprint density at radius 3 is 3.22 bits per heavy atom. The Morgan fingerprint density at radius 1 is 1.78 bits per heavy atom. The van der Waals surface area contributed by atoms with Crippen LogP contribution in [0, 0.1) is 0 Å². The van der Waals surface area contributed by atoms with E-state index in [4.69, 9.17) is 19.8 Å². The van der Waals surface area contributed by atoms with Gasteiger partial charge in [0.2, 0.25) is 0 Å². The summed E-state index contributed by atoms with van der Waals surface area (Å²) in [6.07, 6.45) is -0.494.